The molecule has 106 valence electrons. The lowest BCUT2D eigenvalue weighted by Gasteiger charge is -2.28. The zero-order chi connectivity index (χ0) is 14.0. The highest BCUT2D eigenvalue weighted by atomic mass is 16.5. The lowest BCUT2D eigenvalue weighted by molar-refractivity contribution is 0.0338. The molecule has 2 rings (SSSR count). The molecule has 1 atom stereocenters. The molecule has 0 spiro atoms. The number of aryl methyl sites for hydroxylation is 1. The zero-order valence-electron chi connectivity index (χ0n) is 11.4. The van der Waals surface area contributed by atoms with Crippen LogP contribution in [-0.2, 0) is 18.8 Å². The van der Waals surface area contributed by atoms with E-state index in [1.54, 1.807) is 11.9 Å². The van der Waals surface area contributed by atoms with E-state index in [4.69, 9.17) is 4.74 Å². The summed E-state index contributed by atoms with van der Waals surface area (Å²) < 4.78 is 7.80. The highest BCUT2D eigenvalue weighted by Crippen LogP contribution is 2.03. The van der Waals surface area contributed by atoms with Crippen molar-refractivity contribution in [3.63, 3.8) is 0 Å². The number of morpholine rings is 1. The Labute approximate surface area is 110 Å². The van der Waals surface area contributed by atoms with Gasteiger partial charge in [0.1, 0.15) is 0 Å². The van der Waals surface area contributed by atoms with E-state index in [0.717, 1.165) is 22.3 Å². The van der Waals surface area contributed by atoms with Gasteiger partial charge < -0.3 is 15.0 Å². The summed E-state index contributed by atoms with van der Waals surface area (Å²) in [7, 11) is 4.74. The van der Waals surface area contributed by atoms with Gasteiger partial charge in [-0.2, -0.15) is 0 Å². The van der Waals surface area contributed by atoms with Crippen molar-refractivity contribution in [2.24, 2.45) is 14.1 Å². The van der Waals surface area contributed by atoms with Crippen LogP contribution in [0.2, 0.25) is 0 Å². The Bertz CT molecular complexity index is 558. The summed E-state index contributed by atoms with van der Waals surface area (Å²) in [6.07, 6.45) is 0.0162. The minimum absolute atomic E-state index is 0.0162. The maximum absolute atomic E-state index is 12.0. The summed E-state index contributed by atoms with van der Waals surface area (Å²) in [5.41, 5.74) is -0.827. The van der Waals surface area contributed by atoms with Gasteiger partial charge >= 0.3 is 5.69 Å². The average molecular weight is 269 g/mol. The van der Waals surface area contributed by atoms with Crippen molar-refractivity contribution in [2.75, 3.05) is 38.2 Å². The van der Waals surface area contributed by atoms with Crippen molar-refractivity contribution >= 4 is 5.82 Å². The number of aromatic nitrogens is 3. The first-order valence-electron chi connectivity index (χ1n) is 6.18. The number of anilines is 1. The van der Waals surface area contributed by atoms with E-state index in [1.807, 2.05) is 0 Å². The second kappa shape index (κ2) is 5.54. The molecule has 0 amide bonds. The minimum Gasteiger partial charge on any atom is -0.374 e. The van der Waals surface area contributed by atoms with E-state index in [0.29, 0.717) is 13.2 Å². The first-order chi connectivity index (χ1) is 9.00. The van der Waals surface area contributed by atoms with Crippen molar-refractivity contribution in [1.29, 1.82) is 0 Å². The van der Waals surface area contributed by atoms with Gasteiger partial charge in [-0.1, -0.05) is 0 Å². The third-order valence-electron chi connectivity index (χ3n) is 3.15. The third-order valence-corrected chi connectivity index (χ3v) is 3.15. The zero-order valence-corrected chi connectivity index (χ0v) is 11.4. The number of hydrogen-bond donors (Lipinski definition) is 1. The van der Waals surface area contributed by atoms with Gasteiger partial charge in [0.2, 0.25) is 5.82 Å². The van der Waals surface area contributed by atoms with E-state index < -0.39 is 11.2 Å². The molecular formula is C11H19N5O3. The predicted molar refractivity (Wildman–Crippen MR) is 70.6 cm³/mol. The van der Waals surface area contributed by atoms with Crippen LogP contribution in [-0.4, -0.2) is 53.7 Å². The number of hydrogen-bond acceptors (Lipinski definition) is 6. The highest BCUT2D eigenvalue weighted by molar-refractivity contribution is 5.33. The number of ether oxygens (including phenoxy) is 1. The van der Waals surface area contributed by atoms with Crippen LogP contribution < -0.4 is 21.5 Å². The van der Waals surface area contributed by atoms with Gasteiger partial charge in [0.25, 0.3) is 5.56 Å². The van der Waals surface area contributed by atoms with Crippen molar-refractivity contribution in [2.45, 2.75) is 6.10 Å². The van der Waals surface area contributed by atoms with Crippen LogP contribution in [0, 0.1) is 0 Å². The molecule has 1 aliphatic rings. The molecule has 0 bridgehead atoms. The summed E-state index contributed by atoms with van der Waals surface area (Å²) in [4.78, 5) is 25.3. The summed E-state index contributed by atoms with van der Waals surface area (Å²) >= 11 is 0. The molecule has 0 aliphatic carbocycles. The van der Waals surface area contributed by atoms with Crippen LogP contribution in [0.1, 0.15) is 0 Å². The van der Waals surface area contributed by atoms with Crippen molar-refractivity contribution in [3.05, 3.63) is 20.8 Å². The van der Waals surface area contributed by atoms with Crippen LogP contribution in [0.5, 0.6) is 0 Å². The van der Waals surface area contributed by atoms with E-state index in [1.165, 1.54) is 14.1 Å². The summed E-state index contributed by atoms with van der Waals surface area (Å²) in [5.74, 6) is 0.249. The van der Waals surface area contributed by atoms with Crippen LogP contribution in [0.3, 0.4) is 0 Å². The Morgan fingerprint density at radius 3 is 2.84 bits per heavy atom. The highest BCUT2D eigenvalue weighted by Gasteiger charge is 2.19. The summed E-state index contributed by atoms with van der Waals surface area (Å²) in [5, 5.41) is 7.25. The molecule has 1 saturated heterocycles. The van der Waals surface area contributed by atoms with Crippen LogP contribution in [0.15, 0.2) is 9.59 Å². The summed E-state index contributed by atoms with van der Waals surface area (Å²) in [6.45, 7) is 2.81. The fraction of sp³-hybridized carbons (Fsp3) is 0.727. The van der Waals surface area contributed by atoms with E-state index >= 15 is 0 Å². The predicted octanol–water partition coefficient (Wildman–Crippen LogP) is -2.10. The molecule has 0 saturated carbocycles. The van der Waals surface area contributed by atoms with Gasteiger partial charge in [0, 0.05) is 40.8 Å². The van der Waals surface area contributed by atoms with Crippen LogP contribution in [0.25, 0.3) is 0 Å². The molecule has 1 unspecified atom stereocenters. The van der Waals surface area contributed by atoms with Gasteiger partial charge in [0.15, 0.2) is 0 Å². The number of likely N-dealkylation sites (N-methyl/N-ethyl adjacent to an activating group) is 1. The average Bonchev–Trinajstić information content (AvgIpc) is 2.41. The molecule has 8 nitrogen and oxygen atoms in total. The number of nitrogens with one attached hydrogen (secondary N) is 1. The monoisotopic (exact) mass is 269 g/mol. The third kappa shape index (κ3) is 2.85. The molecular weight excluding hydrogens is 250 g/mol. The Morgan fingerprint density at radius 2 is 2.21 bits per heavy atom. The van der Waals surface area contributed by atoms with Gasteiger partial charge in [-0.25, -0.2) is 9.48 Å². The lowest BCUT2D eigenvalue weighted by Crippen LogP contribution is -2.47. The Hall–Kier alpha value is -1.67. The normalized spacial score (nSPS) is 19.4. The summed E-state index contributed by atoms with van der Waals surface area (Å²) in [6, 6.07) is 0. The molecule has 19 heavy (non-hydrogen) atoms. The van der Waals surface area contributed by atoms with Gasteiger partial charge in [0.05, 0.1) is 12.7 Å². The molecule has 1 aliphatic heterocycles. The Morgan fingerprint density at radius 1 is 1.47 bits per heavy atom. The SMILES string of the molecule is CN(CC1CNCCO1)c1nn(C)c(=O)n(C)c1=O. The number of rotatable bonds is 3. The second-order valence-corrected chi connectivity index (χ2v) is 4.67. The smallest absolute Gasteiger partial charge is 0.346 e. The lowest BCUT2D eigenvalue weighted by atomic mass is 10.3. The second-order valence-electron chi connectivity index (χ2n) is 4.67. The number of nitrogens with zero attached hydrogens (tertiary/aromatic N) is 4. The molecule has 1 aromatic rings. The molecule has 1 aromatic heterocycles. The molecule has 0 aromatic carbocycles. The van der Waals surface area contributed by atoms with Gasteiger partial charge in [-0.15, -0.1) is 5.10 Å². The standard InChI is InChI=1S/C11H19N5O3/c1-14(7-8-6-12-4-5-19-8)9-10(17)15(2)11(18)16(3)13-9/h8,12H,4-7H2,1-3H3. The fourth-order valence-corrected chi connectivity index (χ4v) is 2.05. The van der Waals surface area contributed by atoms with E-state index in [2.05, 4.69) is 10.4 Å². The van der Waals surface area contributed by atoms with Gasteiger partial charge in [-0.05, 0) is 0 Å². The minimum atomic E-state index is -0.433. The Balaban J connectivity index is 2.21. The molecule has 1 fully saturated rings. The molecule has 2 heterocycles. The first kappa shape index (κ1) is 13.8. The van der Waals surface area contributed by atoms with Crippen molar-refractivity contribution in [3.8, 4) is 0 Å². The maximum atomic E-state index is 12.0. The van der Waals surface area contributed by atoms with E-state index in [-0.39, 0.29) is 11.9 Å². The van der Waals surface area contributed by atoms with Crippen molar-refractivity contribution < 1.29 is 4.74 Å². The fourth-order valence-electron chi connectivity index (χ4n) is 2.05. The molecule has 0 radical (unpaired) electrons. The quantitative estimate of drug-likeness (QED) is 0.677. The molecule has 1 N–H and O–H groups in total. The van der Waals surface area contributed by atoms with E-state index in [9.17, 15) is 9.59 Å². The first-order valence-corrected chi connectivity index (χ1v) is 6.18. The largest absolute Gasteiger partial charge is 0.374 e. The Kier molecular flexibility index (Phi) is 4.01. The maximum Gasteiger partial charge on any atom is 0.346 e. The topological polar surface area (TPSA) is 81.4 Å². The van der Waals surface area contributed by atoms with Crippen molar-refractivity contribution in [1.82, 2.24) is 19.7 Å². The molecule has 8 heteroatoms. The van der Waals surface area contributed by atoms with Crippen LogP contribution >= 0.6 is 0 Å². The van der Waals surface area contributed by atoms with Crippen LogP contribution in [0.4, 0.5) is 5.82 Å². The van der Waals surface area contributed by atoms with Gasteiger partial charge in [-0.3, -0.25) is 9.36 Å².